The van der Waals surface area contributed by atoms with Gasteiger partial charge in [-0.3, -0.25) is 0 Å². The Kier molecular flexibility index (Phi) is 5.26. The summed E-state index contributed by atoms with van der Waals surface area (Å²) in [5.74, 6) is -0.401. The van der Waals surface area contributed by atoms with E-state index in [4.69, 9.17) is 11.6 Å². The molecule has 23 heavy (non-hydrogen) atoms. The van der Waals surface area contributed by atoms with Gasteiger partial charge in [0.15, 0.2) is 0 Å². The minimum atomic E-state index is -0.401. The topological polar surface area (TPSA) is 41.1 Å². The monoisotopic (exact) mass is 334 g/mol. The molecule has 0 spiro atoms. The van der Waals surface area contributed by atoms with E-state index in [9.17, 15) is 9.18 Å². The van der Waals surface area contributed by atoms with Gasteiger partial charge in [-0.2, -0.15) is 0 Å². The number of benzene rings is 2. The van der Waals surface area contributed by atoms with Crippen LogP contribution in [0.2, 0.25) is 5.02 Å². The van der Waals surface area contributed by atoms with Crippen LogP contribution in [0.3, 0.4) is 0 Å². The van der Waals surface area contributed by atoms with Crippen LogP contribution in [0, 0.1) is 5.82 Å². The van der Waals surface area contributed by atoms with Gasteiger partial charge in [-0.05, 0) is 40.8 Å². The molecule has 2 aromatic carbocycles. The number of nitrogens with one attached hydrogen (secondary N) is 2. The molecule has 0 atom stereocenters. The van der Waals surface area contributed by atoms with Crippen molar-refractivity contribution in [2.75, 3.05) is 5.32 Å². The molecule has 2 aromatic rings. The van der Waals surface area contributed by atoms with Crippen LogP contribution < -0.4 is 10.6 Å². The second-order valence-corrected chi connectivity index (χ2v) is 6.78. The average molecular weight is 335 g/mol. The molecule has 5 heteroatoms. The maximum Gasteiger partial charge on any atom is 0.319 e. The highest BCUT2D eigenvalue weighted by Crippen LogP contribution is 2.23. The minimum absolute atomic E-state index is 0.0696. The van der Waals surface area contributed by atoms with Crippen molar-refractivity contribution in [1.29, 1.82) is 0 Å². The SMILES string of the molecule is CC(C)(C)c1ccc(NC(=O)NCc2ccc(F)cc2Cl)cc1. The molecule has 0 saturated heterocycles. The fourth-order valence-corrected chi connectivity index (χ4v) is 2.30. The highest BCUT2D eigenvalue weighted by molar-refractivity contribution is 6.31. The van der Waals surface area contributed by atoms with E-state index in [0.717, 1.165) is 0 Å². The lowest BCUT2D eigenvalue weighted by Gasteiger charge is -2.19. The quantitative estimate of drug-likeness (QED) is 0.805. The molecule has 0 fully saturated rings. The van der Waals surface area contributed by atoms with Gasteiger partial charge >= 0.3 is 6.03 Å². The number of amides is 2. The van der Waals surface area contributed by atoms with Gasteiger partial charge in [-0.1, -0.05) is 50.6 Å². The zero-order chi connectivity index (χ0) is 17.0. The number of carbonyl (C=O) groups is 1. The molecule has 0 heterocycles. The van der Waals surface area contributed by atoms with Gasteiger partial charge in [-0.15, -0.1) is 0 Å². The lowest BCUT2D eigenvalue weighted by atomic mass is 9.87. The molecule has 2 N–H and O–H groups in total. The molecule has 0 aliphatic carbocycles. The first-order chi connectivity index (χ1) is 10.8. The standard InChI is InChI=1S/C18H20ClFN2O/c1-18(2,3)13-5-8-15(9-6-13)22-17(23)21-11-12-4-7-14(20)10-16(12)19/h4-10H,11H2,1-3H3,(H2,21,22,23). The molecular weight excluding hydrogens is 315 g/mol. The van der Waals surface area contributed by atoms with Crippen LogP contribution in [-0.4, -0.2) is 6.03 Å². The van der Waals surface area contributed by atoms with Gasteiger partial charge in [0.1, 0.15) is 5.82 Å². The second kappa shape index (κ2) is 7.01. The van der Waals surface area contributed by atoms with Crippen molar-refractivity contribution in [2.24, 2.45) is 0 Å². The van der Waals surface area contributed by atoms with Crippen molar-refractivity contribution in [1.82, 2.24) is 5.32 Å². The number of hydrogen-bond donors (Lipinski definition) is 2. The Hall–Kier alpha value is -2.07. The summed E-state index contributed by atoms with van der Waals surface area (Å²) in [5, 5.41) is 5.74. The van der Waals surface area contributed by atoms with Crippen LogP contribution in [0.1, 0.15) is 31.9 Å². The normalized spacial score (nSPS) is 11.2. The van der Waals surface area contributed by atoms with Crippen molar-refractivity contribution in [3.63, 3.8) is 0 Å². The maximum absolute atomic E-state index is 13.0. The fraction of sp³-hybridized carbons (Fsp3) is 0.278. The summed E-state index contributed by atoms with van der Waals surface area (Å²) in [6, 6.07) is 11.5. The number of anilines is 1. The number of hydrogen-bond acceptors (Lipinski definition) is 1. The molecule has 0 unspecified atom stereocenters. The third kappa shape index (κ3) is 4.96. The molecule has 0 saturated carbocycles. The van der Waals surface area contributed by atoms with E-state index >= 15 is 0 Å². The van der Waals surface area contributed by atoms with Crippen molar-refractivity contribution >= 4 is 23.3 Å². The van der Waals surface area contributed by atoms with E-state index < -0.39 is 5.82 Å². The Labute approximate surface area is 140 Å². The van der Waals surface area contributed by atoms with Crippen molar-refractivity contribution < 1.29 is 9.18 Å². The third-order valence-electron chi connectivity index (χ3n) is 3.46. The van der Waals surface area contributed by atoms with E-state index in [1.165, 1.54) is 17.7 Å². The highest BCUT2D eigenvalue weighted by atomic mass is 35.5. The number of urea groups is 1. The third-order valence-corrected chi connectivity index (χ3v) is 3.82. The number of halogens is 2. The van der Waals surface area contributed by atoms with Crippen LogP contribution in [-0.2, 0) is 12.0 Å². The summed E-state index contributed by atoms with van der Waals surface area (Å²) in [7, 11) is 0. The van der Waals surface area contributed by atoms with Crippen LogP contribution in [0.15, 0.2) is 42.5 Å². The zero-order valence-electron chi connectivity index (χ0n) is 13.4. The van der Waals surface area contributed by atoms with Crippen molar-refractivity contribution in [3.8, 4) is 0 Å². The molecule has 2 amide bonds. The summed E-state index contributed by atoms with van der Waals surface area (Å²) in [6.07, 6.45) is 0. The molecule has 0 aliphatic rings. The molecule has 0 aliphatic heterocycles. The second-order valence-electron chi connectivity index (χ2n) is 6.37. The van der Waals surface area contributed by atoms with E-state index in [1.54, 1.807) is 6.07 Å². The molecule has 3 nitrogen and oxygen atoms in total. The van der Waals surface area contributed by atoms with Crippen LogP contribution in [0.25, 0.3) is 0 Å². The average Bonchev–Trinajstić information content (AvgIpc) is 2.46. The van der Waals surface area contributed by atoms with E-state index in [0.29, 0.717) is 16.3 Å². The van der Waals surface area contributed by atoms with Gasteiger partial charge in [0.2, 0.25) is 0 Å². The largest absolute Gasteiger partial charge is 0.334 e. The first-order valence-corrected chi connectivity index (χ1v) is 7.73. The summed E-state index contributed by atoms with van der Waals surface area (Å²) >= 11 is 5.92. The first kappa shape index (κ1) is 17.3. The summed E-state index contributed by atoms with van der Waals surface area (Å²) in [5.41, 5.74) is 2.63. The van der Waals surface area contributed by atoms with Crippen molar-refractivity contribution in [3.05, 3.63) is 64.4 Å². The molecule has 0 bridgehead atoms. The zero-order valence-corrected chi connectivity index (χ0v) is 14.2. The van der Waals surface area contributed by atoms with Gasteiger partial charge in [0.05, 0.1) is 0 Å². The van der Waals surface area contributed by atoms with Crippen LogP contribution >= 0.6 is 11.6 Å². The summed E-state index contributed by atoms with van der Waals surface area (Å²) < 4.78 is 13.0. The highest BCUT2D eigenvalue weighted by Gasteiger charge is 2.13. The predicted molar refractivity (Wildman–Crippen MR) is 92.4 cm³/mol. The fourth-order valence-electron chi connectivity index (χ4n) is 2.07. The Morgan fingerprint density at radius 3 is 2.35 bits per heavy atom. The van der Waals surface area contributed by atoms with Gasteiger partial charge in [-0.25, -0.2) is 9.18 Å². The Bertz CT molecular complexity index is 693. The predicted octanol–water partition coefficient (Wildman–Crippen LogP) is 5.10. The lowest BCUT2D eigenvalue weighted by molar-refractivity contribution is 0.251. The molecule has 2 rings (SSSR count). The van der Waals surface area contributed by atoms with Crippen LogP contribution in [0.5, 0.6) is 0 Å². The van der Waals surface area contributed by atoms with E-state index in [1.807, 2.05) is 24.3 Å². The Balaban J connectivity index is 1.92. The van der Waals surface area contributed by atoms with E-state index in [2.05, 4.69) is 31.4 Å². The smallest absolute Gasteiger partial charge is 0.319 e. The van der Waals surface area contributed by atoms with Crippen LogP contribution in [0.4, 0.5) is 14.9 Å². The summed E-state index contributed by atoms with van der Waals surface area (Å²) in [6.45, 7) is 6.63. The number of carbonyl (C=O) groups excluding carboxylic acids is 1. The maximum atomic E-state index is 13.0. The van der Waals surface area contributed by atoms with E-state index in [-0.39, 0.29) is 18.0 Å². The Morgan fingerprint density at radius 2 is 1.78 bits per heavy atom. The van der Waals surface area contributed by atoms with Crippen molar-refractivity contribution in [2.45, 2.75) is 32.7 Å². The van der Waals surface area contributed by atoms with Gasteiger partial charge in [0.25, 0.3) is 0 Å². The lowest BCUT2D eigenvalue weighted by Crippen LogP contribution is -2.28. The first-order valence-electron chi connectivity index (χ1n) is 7.35. The number of rotatable bonds is 3. The Morgan fingerprint density at radius 1 is 1.13 bits per heavy atom. The molecular formula is C18H20ClFN2O. The summed E-state index contributed by atoms with van der Waals surface area (Å²) in [4.78, 5) is 11.9. The molecule has 0 aromatic heterocycles. The molecule has 122 valence electrons. The van der Waals surface area contributed by atoms with Gasteiger partial charge < -0.3 is 10.6 Å². The minimum Gasteiger partial charge on any atom is -0.334 e. The molecule has 0 radical (unpaired) electrons. The van der Waals surface area contributed by atoms with Gasteiger partial charge in [0, 0.05) is 17.3 Å².